The van der Waals surface area contributed by atoms with Crippen molar-refractivity contribution < 1.29 is 18.3 Å². The van der Waals surface area contributed by atoms with E-state index in [1.165, 1.54) is 18.2 Å². The van der Waals surface area contributed by atoms with Gasteiger partial charge in [-0.2, -0.15) is 0 Å². The molecule has 0 spiro atoms. The first-order valence-corrected chi connectivity index (χ1v) is 5.25. The Balaban J connectivity index is 2.14. The van der Waals surface area contributed by atoms with Crippen molar-refractivity contribution in [3.05, 3.63) is 35.4 Å². The summed E-state index contributed by atoms with van der Waals surface area (Å²) in [5.74, 6) is -2.28. The third kappa shape index (κ3) is 1.92. The highest BCUT2D eigenvalue weighted by molar-refractivity contribution is 5.77. The van der Waals surface area contributed by atoms with E-state index in [2.05, 4.69) is 0 Å². The van der Waals surface area contributed by atoms with Crippen molar-refractivity contribution in [3.63, 3.8) is 0 Å². The average molecular weight is 226 g/mol. The number of hydrogen-bond donors (Lipinski definition) is 0. The summed E-state index contributed by atoms with van der Waals surface area (Å²) in [4.78, 5) is 11.3. The van der Waals surface area contributed by atoms with E-state index in [1.807, 2.05) is 0 Å². The Labute approximate surface area is 92.2 Å². The van der Waals surface area contributed by atoms with Gasteiger partial charge in [-0.25, -0.2) is 8.78 Å². The molecule has 16 heavy (non-hydrogen) atoms. The molecule has 0 heterocycles. The van der Waals surface area contributed by atoms with Crippen LogP contribution >= 0.6 is 0 Å². The van der Waals surface area contributed by atoms with Crippen molar-refractivity contribution >= 4 is 5.97 Å². The fourth-order valence-corrected chi connectivity index (χ4v) is 1.89. The van der Waals surface area contributed by atoms with E-state index < -0.39 is 11.6 Å². The lowest BCUT2D eigenvalue weighted by Gasteiger charge is -2.04. The second kappa shape index (κ2) is 4.20. The molecule has 0 aliphatic heterocycles. The standard InChI is InChI=1S/C12H12F2O2/c1-2-16-12(15)8-6-7(8)11-9(13)4-3-5-10(11)14/h3-5,7-8H,2,6H2,1H3/t7-,8-/m1/s1. The summed E-state index contributed by atoms with van der Waals surface area (Å²) in [6.07, 6.45) is 0.469. The van der Waals surface area contributed by atoms with Gasteiger partial charge in [-0.1, -0.05) is 6.07 Å². The molecule has 1 fully saturated rings. The molecule has 1 aromatic carbocycles. The van der Waals surface area contributed by atoms with Crippen LogP contribution in [0.15, 0.2) is 18.2 Å². The number of rotatable bonds is 3. The predicted molar refractivity (Wildman–Crippen MR) is 53.8 cm³/mol. The van der Waals surface area contributed by atoms with E-state index in [1.54, 1.807) is 6.92 Å². The van der Waals surface area contributed by atoms with Crippen LogP contribution in [-0.4, -0.2) is 12.6 Å². The summed E-state index contributed by atoms with van der Waals surface area (Å²) in [6.45, 7) is 2.00. The number of benzene rings is 1. The van der Waals surface area contributed by atoms with Crippen LogP contribution in [0, 0.1) is 17.6 Å². The summed E-state index contributed by atoms with van der Waals surface area (Å²) < 4.78 is 31.6. The van der Waals surface area contributed by atoms with Gasteiger partial charge in [0.05, 0.1) is 12.5 Å². The van der Waals surface area contributed by atoms with Crippen LogP contribution in [0.3, 0.4) is 0 Å². The van der Waals surface area contributed by atoms with Gasteiger partial charge in [0.2, 0.25) is 0 Å². The molecule has 2 atom stereocenters. The van der Waals surface area contributed by atoms with Crippen molar-refractivity contribution in [3.8, 4) is 0 Å². The van der Waals surface area contributed by atoms with E-state index in [9.17, 15) is 13.6 Å². The fourth-order valence-electron chi connectivity index (χ4n) is 1.89. The van der Waals surface area contributed by atoms with Gasteiger partial charge in [-0.3, -0.25) is 4.79 Å². The maximum atomic E-state index is 13.4. The van der Waals surface area contributed by atoms with Crippen molar-refractivity contribution in [2.45, 2.75) is 19.3 Å². The van der Waals surface area contributed by atoms with E-state index in [4.69, 9.17) is 4.74 Å². The molecule has 1 aromatic rings. The zero-order valence-corrected chi connectivity index (χ0v) is 8.87. The van der Waals surface area contributed by atoms with Crippen molar-refractivity contribution in [2.75, 3.05) is 6.61 Å². The molecule has 0 N–H and O–H groups in total. The number of halogens is 2. The van der Waals surface area contributed by atoms with Crippen molar-refractivity contribution in [2.24, 2.45) is 5.92 Å². The Morgan fingerprint density at radius 3 is 2.62 bits per heavy atom. The zero-order valence-electron chi connectivity index (χ0n) is 8.87. The van der Waals surface area contributed by atoms with Gasteiger partial charge in [0, 0.05) is 11.5 Å². The Hall–Kier alpha value is -1.45. The van der Waals surface area contributed by atoms with Crippen molar-refractivity contribution in [1.82, 2.24) is 0 Å². The van der Waals surface area contributed by atoms with Crippen LogP contribution in [0.5, 0.6) is 0 Å². The molecule has 0 unspecified atom stereocenters. The molecule has 0 bridgehead atoms. The minimum Gasteiger partial charge on any atom is -0.466 e. The second-order valence-electron chi connectivity index (χ2n) is 3.84. The Morgan fingerprint density at radius 1 is 1.44 bits per heavy atom. The molecule has 1 saturated carbocycles. The lowest BCUT2D eigenvalue weighted by Crippen LogP contribution is -2.08. The maximum absolute atomic E-state index is 13.4. The Kier molecular flexibility index (Phi) is 2.90. The number of carbonyl (C=O) groups excluding carboxylic acids is 1. The minimum absolute atomic E-state index is 0.0144. The second-order valence-corrected chi connectivity index (χ2v) is 3.84. The number of hydrogen-bond acceptors (Lipinski definition) is 2. The van der Waals surface area contributed by atoms with E-state index in [-0.39, 0.29) is 23.4 Å². The monoisotopic (exact) mass is 226 g/mol. The highest BCUT2D eigenvalue weighted by atomic mass is 19.1. The quantitative estimate of drug-likeness (QED) is 0.740. The van der Waals surface area contributed by atoms with Gasteiger partial charge in [0.25, 0.3) is 0 Å². The van der Waals surface area contributed by atoms with Gasteiger partial charge in [-0.15, -0.1) is 0 Å². The molecule has 0 radical (unpaired) electrons. The number of ether oxygens (including phenoxy) is 1. The molecular weight excluding hydrogens is 214 g/mol. The van der Waals surface area contributed by atoms with Crippen LogP contribution in [0.2, 0.25) is 0 Å². The topological polar surface area (TPSA) is 26.3 Å². The smallest absolute Gasteiger partial charge is 0.309 e. The molecule has 2 nitrogen and oxygen atoms in total. The summed E-state index contributed by atoms with van der Waals surface area (Å²) >= 11 is 0. The van der Waals surface area contributed by atoms with Gasteiger partial charge in [0.1, 0.15) is 11.6 Å². The highest BCUT2D eigenvalue weighted by Gasteiger charge is 2.47. The Bertz CT molecular complexity index is 397. The van der Waals surface area contributed by atoms with Crippen LogP contribution < -0.4 is 0 Å². The number of carbonyl (C=O) groups is 1. The number of esters is 1. The zero-order chi connectivity index (χ0) is 11.7. The van der Waals surface area contributed by atoms with Gasteiger partial charge in [-0.05, 0) is 25.5 Å². The molecular formula is C12H12F2O2. The lowest BCUT2D eigenvalue weighted by molar-refractivity contribution is -0.144. The first kappa shape index (κ1) is 11.0. The third-order valence-corrected chi connectivity index (χ3v) is 2.75. The summed E-state index contributed by atoms with van der Waals surface area (Å²) in [5.41, 5.74) is 0.0144. The van der Waals surface area contributed by atoms with E-state index >= 15 is 0 Å². The van der Waals surface area contributed by atoms with E-state index in [0.717, 1.165) is 0 Å². The predicted octanol–water partition coefficient (Wildman–Crippen LogP) is 2.63. The summed E-state index contributed by atoms with van der Waals surface area (Å²) in [7, 11) is 0. The van der Waals surface area contributed by atoms with E-state index in [0.29, 0.717) is 13.0 Å². The first-order valence-electron chi connectivity index (χ1n) is 5.25. The van der Waals surface area contributed by atoms with Crippen LogP contribution in [-0.2, 0) is 9.53 Å². The van der Waals surface area contributed by atoms with Gasteiger partial charge < -0.3 is 4.74 Å². The molecule has 0 aromatic heterocycles. The molecule has 2 rings (SSSR count). The van der Waals surface area contributed by atoms with Crippen LogP contribution in [0.25, 0.3) is 0 Å². The normalized spacial score (nSPS) is 22.9. The molecule has 1 aliphatic rings. The first-order chi connectivity index (χ1) is 7.65. The molecule has 1 aliphatic carbocycles. The molecule has 0 saturated heterocycles. The molecule has 4 heteroatoms. The largest absolute Gasteiger partial charge is 0.466 e. The lowest BCUT2D eigenvalue weighted by atomic mass is 10.1. The molecule has 0 amide bonds. The SMILES string of the molecule is CCOC(=O)[C@@H]1C[C@H]1c1c(F)cccc1F. The fraction of sp³-hybridized carbons (Fsp3) is 0.417. The third-order valence-electron chi connectivity index (χ3n) is 2.75. The average Bonchev–Trinajstić information content (AvgIpc) is 2.98. The maximum Gasteiger partial charge on any atom is 0.309 e. The van der Waals surface area contributed by atoms with Crippen LogP contribution in [0.4, 0.5) is 8.78 Å². The van der Waals surface area contributed by atoms with Crippen LogP contribution in [0.1, 0.15) is 24.8 Å². The minimum atomic E-state index is -0.586. The van der Waals surface area contributed by atoms with Gasteiger partial charge in [0.15, 0.2) is 0 Å². The highest BCUT2D eigenvalue weighted by Crippen LogP contribution is 2.49. The Morgan fingerprint density at radius 2 is 2.06 bits per heavy atom. The summed E-state index contributed by atoms with van der Waals surface area (Å²) in [6, 6.07) is 3.73. The van der Waals surface area contributed by atoms with Gasteiger partial charge >= 0.3 is 5.97 Å². The molecule has 86 valence electrons. The summed E-state index contributed by atoms with van der Waals surface area (Å²) in [5, 5.41) is 0. The van der Waals surface area contributed by atoms with Crippen molar-refractivity contribution in [1.29, 1.82) is 0 Å².